The third kappa shape index (κ3) is 4.50. The summed E-state index contributed by atoms with van der Waals surface area (Å²) >= 11 is 0. The Kier molecular flexibility index (Phi) is 5.86. The summed E-state index contributed by atoms with van der Waals surface area (Å²) in [5.74, 6) is 0.0162. The molecule has 2 heterocycles. The first-order valence-electron chi connectivity index (χ1n) is 9.42. The van der Waals surface area contributed by atoms with Crippen LogP contribution in [0, 0.1) is 19.8 Å². The van der Waals surface area contributed by atoms with Crippen LogP contribution in [0.4, 0.5) is 0 Å². The van der Waals surface area contributed by atoms with Gasteiger partial charge in [0.2, 0.25) is 21.8 Å². The van der Waals surface area contributed by atoms with Crippen molar-refractivity contribution in [3.05, 3.63) is 29.3 Å². The SMILES string of the molecule is Cc1ccc(C)c(S(=O)(=O)N2CCC(CNC(=O)C3CCC(=O)N3)CC2)c1. The lowest BCUT2D eigenvalue weighted by Gasteiger charge is -2.31. The summed E-state index contributed by atoms with van der Waals surface area (Å²) in [6, 6.07) is 5.05. The number of hydrogen-bond donors (Lipinski definition) is 2. The Balaban J connectivity index is 1.53. The van der Waals surface area contributed by atoms with Crippen LogP contribution in [0.1, 0.15) is 36.8 Å². The number of sulfonamides is 1. The van der Waals surface area contributed by atoms with Crippen LogP contribution in [0.2, 0.25) is 0 Å². The zero-order valence-corrected chi connectivity index (χ0v) is 16.6. The van der Waals surface area contributed by atoms with Crippen LogP contribution in [0.25, 0.3) is 0 Å². The van der Waals surface area contributed by atoms with Crippen LogP contribution in [0.3, 0.4) is 0 Å². The summed E-state index contributed by atoms with van der Waals surface area (Å²) in [4.78, 5) is 23.7. The van der Waals surface area contributed by atoms with Crippen LogP contribution < -0.4 is 10.6 Å². The van der Waals surface area contributed by atoms with E-state index in [1.54, 1.807) is 10.4 Å². The molecule has 27 heavy (non-hydrogen) atoms. The van der Waals surface area contributed by atoms with Gasteiger partial charge in [-0.25, -0.2) is 8.42 Å². The van der Waals surface area contributed by atoms with Gasteiger partial charge in [0.15, 0.2) is 0 Å². The van der Waals surface area contributed by atoms with Gasteiger partial charge < -0.3 is 10.6 Å². The normalized spacial score (nSPS) is 21.9. The average Bonchev–Trinajstić information content (AvgIpc) is 3.08. The van der Waals surface area contributed by atoms with Crippen LogP contribution >= 0.6 is 0 Å². The molecule has 1 atom stereocenters. The highest BCUT2D eigenvalue weighted by Crippen LogP contribution is 2.26. The number of rotatable bonds is 5. The quantitative estimate of drug-likeness (QED) is 0.783. The molecular formula is C19H27N3O4S. The molecule has 0 spiro atoms. The van der Waals surface area contributed by atoms with E-state index < -0.39 is 16.1 Å². The fraction of sp³-hybridized carbons (Fsp3) is 0.579. The molecule has 3 rings (SSSR count). The Morgan fingerprint density at radius 2 is 1.93 bits per heavy atom. The Labute approximate surface area is 160 Å². The van der Waals surface area contributed by atoms with E-state index in [2.05, 4.69) is 10.6 Å². The fourth-order valence-corrected chi connectivity index (χ4v) is 5.44. The second-order valence-electron chi connectivity index (χ2n) is 7.52. The molecule has 0 radical (unpaired) electrons. The minimum atomic E-state index is -3.49. The Hall–Kier alpha value is -1.93. The van der Waals surface area contributed by atoms with Gasteiger partial charge in [0, 0.05) is 26.1 Å². The summed E-state index contributed by atoms with van der Waals surface area (Å²) in [7, 11) is -3.49. The zero-order chi connectivity index (χ0) is 19.6. The lowest BCUT2D eigenvalue weighted by Crippen LogP contribution is -2.45. The molecule has 1 aromatic carbocycles. The highest BCUT2D eigenvalue weighted by atomic mass is 32.2. The monoisotopic (exact) mass is 393 g/mol. The maximum Gasteiger partial charge on any atom is 0.243 e. The number of amides is 2. The van der Waals surface area contributed by atoms with Crippen molar-refractivity contribution in [3.63, 3.8) is 0 Å². The predicted octanol–water partition coefficient (Wildman–Crippen LogP) is 1.10. The number of benzene rings is 1. The third-order valence-electron chi connectivity index (χ3n) is 5.41. The molecule has 2 saturated heterocycles. The summed E-state index contributed by atoms with van der Waals surface area (Å²) in [5, 5.41) is 5.55. The van der Waals surface area contributed by atoms with E-state index in [1.165, 1.54) is 0 Å². The van der Waals surface area contributed by atoms with Gasteiger partial charge in [-0.2, -0.15) is 4.31 Å². The molecule has 2 amide bonds. The molecule has 2 aliphatic rings. The number of piperidine rings is 1. The van der Waals surface area contributed by atoms with Gasteiger partial charge in [-0.15, -0.1) is 0 Å². The number of nitrogens with zero attached hydrogens (tertiary/aromatic N) is 1. The van der Waals surface area contributed by atoms with Crippen LogP contribution in [-0.4, -0.2) is 50.2 Å². The number of hydrogen-bond acceptors (Lipinski definition) is 4. The van der Waals surface area contributed by atoms with Crippen molar-refractivity contribution in [2.75, 3.05) is 19.6 Å². The Bertz CT molecular complexity index is 829. The molecule has 2 aliphatic heterocycles. The highest BCUT2D eigenvalue weighted by Gasteiger charge is 2.31. The number of nitrogens with one attached hydrogen (secondary N) is 2. The molecule has 0 bridgehead atoms. The largest absolute Gasteiger partial charge is 0.354 e. The molecule has 1 aromatic rings. The first-order chi connectivity index (χ1) is 12.8. The second kappa shape index (κ2) is 7.98. The van der Waals surface area contributed by atoms with Gasteiger partial charge in [-0.3, -0.25) is 9.59 Å². The maximum absolute atomic E-state index is 13.0. The van der Waals surface area contributed by atoms with E-state index in [0.717, 1.165) is 11.1 Å². The van der Waals surface area contributed by atoms with Crippen molar-refractivity contribution in [1.82, 2.24) is 14.9 Å². The smallest absolute Gasteiger partial charge is 0.243 e. The minimum absolute atomic E-state index is 0.0832. The molecule has 8 heteroatoms. The Morgan fingerprint density at radius 3 is 2.56 bits per heavy atom. The van der Waals surface area contributed by atoms with Crippen LogP contribution in [0.15, 0.2) is 23.1 Å². The number of carbonyl (C=O) groups is 2. The van der Waals surface area contributed by atoms with Gasteiger partial charge >= 0.3 is 0 Å². The van der Waals surface area contributed by atoms with Crippen molar-refractivity contribution in [1.29, 1.82) is 0 Å². The number of carbonyl (C=O) groups excluding carboxylic acids is 2. The zero-order valence-electron chi connectivity index (χ0n) is 15.8. The molecular weight excluding hydrogens is 366 g/mol. The lowest BCUT2D eigenvalue weighted by atomic mass is 9.98. The second-order valence-corrected chi connectivity index (χ2v) is 9.43. The van der Waals surface area contributed by atoms with Gasteiger partial charge in [-0.05, 0) is 56.2 Å². The van der Waals surface area contributed by atoms with E-state index >= 15 is 0 Å². The van der Waals surface area contributed by atoms with E-state index in [0.29, 0.717) is 50.2 Å². The summed E-state index contributed by atoms with van der Waals surface area (Å²) in [5.41, 5.74) is 1.68. The topological polar surface area (TPSA) is 95.6 Å². The molecule has 0 aromatic heterocycles. The molecule has 7 nitrogen and oxygen atoms in total. The van der Waals surface area contributed by atoms with Gasteiger partial charge in [0.05, 0.1) is 4.90 Å². The molecule has 0 saturated carbocycles. The van der Waals surface area contributed by atoms with Crippen molar-refractivity contribution < 1.29 is 18.0 Å². The lowest BCUT2D eigenvalue weighted by molar-refractivity contribution is -0.125. The molecule has 148 valence electrons. The van der Waals surface area contributed by atoms with Gasteiger partial charge in [0.1, 0.15) is 6.04 Å². The van der Waals surface area contributed by atoms with E-state index in [4.69, 9.17) is 0 Å². The van der Waals surface area contributed by atoms with Crippen LogP contribution in [-0.2, 0) is 19.6 Å². The predicted molar refractivity (Wildman–Crippen MR) is 102 cm³/mol. The van der Waals surface area contributed by atoms with E-state index in [9.17, 15) is 18.0 Å². The standard InChI is InChI=1S/C19H27N3O4S/c1-13-3-4-14(2)17(11-13)27(25,26)22-9-7-15(8-10-22)12-20-19(24)16-5-6-18(23)21-16/h3-4,11,15-16H,5-10,12H2,1-2H3,(H,20,24)(H,21,23). The third-order valence-corrected chi connectivity index (χ3v) is 7.45. The Morgan fingerprint density at radius 1 is 1.22 bits per heavy atom. The first kappa shape index (κ1) is 19.8. The van der Waals surface area contributed by atoms with Gasteiger partial charge in [0.25, 0.3) is 0 Å². The van der Waals surface area contributed by atoms with Crippen molar-refractivity contribution in [2.24, 2.45) is 5.92 Å². The molecule has 0 aliphatic carbocycles. The van der Waals surface area contributed by atoms with Gasteiger partial charge in [-0.1, -0.05) is 12.1 Å². The fourth-order valence-electron chi connectivity index (χ4n) is 3.66. The van der Waals surface area contributed by atoms with Crippen molar-refractivity contribution >= 4 is 21.8 Å². The van der Waals surface area contributed by atoms with Crippen molar-refractivity contribution in [3.8, 4) is 0 Å². The average molecular weight is 394 g/mol. The summed E-state index contributed by atoms with van der Waals surface area (Å²) < 4.78 is 27.5. The van der Waals surface area contributed by atoms with E-state index in [-0.39, 0.29) is 17.7 Å². The van der Waals surface area contributed by atoms with E-state index in [1.807, 2.05) is 26.0 Å². The molecule has 1 unspecified atom stereocenters. The first-order valence-corrected chi connectivity index (χ1v) is 10.9. The minimum Gasteiger partial charge on any atom is -0.354 e. The maximum atomic E-state index is 13.0. The summed E-state index contributed by atoms with van der Waals surface area (Å²) in [6.07, 6.45) is 2.35. The molecule has 2 fully saturated rings. The highest BCUT2D eigenvalue weighted by molar-refractivity contribution is 7.89. The van der Waals surface area contributed by atoms with Crippen LogP contribution in [0.5, 0.6) is 0 Å². The van der Waals surface area contributed by atoms with Crippen molar-refractivity contribution in [2.45, 2.75) is 50.5 Å². The molecule has 2 N–H and O–H groups in total. The number of aryl methyl sites for hydroxylation is 2. The summed E-state index contributed by atoms with van der Waals surface area (Å²) in [6.45, 7) is 5.13.